The largest absolute Gasteiger partial charge is 0.491 e. The van der Waals surface area contributed by atoms with Gasteiger partial charge in [-0.2, -0.15) is 4.31 Å². The number of hydrogen-bond acceptors (Lipinski definition) is 9. The van der Waals surface area contributed by atoms with Crippen LogP contribution in [0.25, 0.3) is 11.1 Å². The zero-order chi connectivity index (χ0) is 27.4. The van der Waals surface area contributed by atoms with E-state index in [4.69, 9.17) is 21.2 Å². The Morgan fingerprint density at radius 3 is 2.74 bits per heavy atom. The Labute approximate surface area is 229 Å². The molecule has 1 saturated heterocycles. The number of benzene rings is 1. The summed E-state index contributed by atoms with van der Waals surface area (Å²) in [6.07, 6.45) is 6.93. The second-order valence-corrected chi connectivity index (χ2v) is 13.5. The first-order valence-electron chi connectivity index (χ1n) is 13.5. The van der Waals surface area contributed by atoms with Gasteiger partial charge in [-0.15, -0.1) is 0 Å². The van der Waals surface area contributed by atoms with Gasteiger partial charge in [0.1, 0.15) is 35.2 Å². The average Bonchev–Trinajstić information content (AvgIpc) is 3.24. The highest BCUT2D eigenvalue weighted by Crippen LogP contribution is 2.39. The second-order valence-electron chi connectivity index (χ2n) is 11.6. The summed E-state index contributed by atoms with van der Waals surface area (Å²) in [5, 5.41) is 0. The number of aryl methyl sites for hydroxylation is 1. The third kappa shape index (κ3) is 4.94. The van der Waals surface area contributed by atoms with E-state index in [9.17, 15) is 8.42 Å². The molecule has 0 amide bonds. The van der Waals surface area contributed by atoms with Gasteiger partial charge in [0.25, 0.3) is 0 Å². The third-order valence-electron chi connectivity index (χ3n) is 8.07. The van der Waals surface area contributed by atoms with Crippen molar-refractivity contribution >= 4 is 21.7 Å². The first-order valence-corrected chi connectivity index (χ1v) is 14.9. The van der Waals surface area contributed by atoms with E-state index in [0.717, 1.165) is 47.7 Å². The smallest absolute Gasteiger partial charge is 0.246 e. The molecule has 10 nitrogen and oxygen atoms in total. The van der Waals surface area contributed by atoms with Crippen LogP contribution in [0, 0.1) is 5.41 Å². The Morgan fingerprint density at radius 2 is 1.95 bits per heavy atom. The van der Waals surface area contributed by atoms with Crippen molar-refractivity contribution in [1.29, 1.82) is 0 Å². The molecule has 3 aromatic rings. The molecule has 6 rings (SSSR count). The van der Waals surface area contributed by atoms with Crippen molar-refractivity contribution < 1.29 is 13.2 Å². The number of pyridine rings is 1. The van der Waals surface area contributed by atoms with E-state index in [1.165, 1.54) is 9.87 Å². The molecule has 206 valence electrons. The number of anilines is 2. The number of sulfonamides is 1. The molecule has 0 spiro atoms. The van der Waals surface area contributed by atoms with Crippen LogP contribution >= 0.6 is 0 Å². The zero-order valence-corrected chi connectivity index (χ0v) is 23.2. The summed E-state index contributed by atoms with van der Waals surface area (Å²) < 4.78 is 34.2. The molecule has 11 heteroatoms. The van der Waals surface area contributed by atoms with Crippen molar-refractivity contribution in [2.75, 3.05) is 36.9 Å². The van der Waals surface area contributed by atoms with Crippen molar-refractivity contribution in [2.45, 2.75) is 57.0 Å². The standard InChI is InChI=1S/C28H35N7O3S/c1-28(2)7-5-23-22(13-28)27(33-17-32-23)34-9-10-38-24-4-3-18(11-20(24)15-34)19-12-25(26(30)31-14-19)39(36,37)35-8-6-21(29)16-35/h3-4,11-12,14,17,21H,5-10,13,15-16,29H2,1-2H3,(H2,30,31)/t21-/m0/s1. The molecule has 1 atom stereocenters. The molecule has 0 unspecified atom stereocenters. The maximum Gasteiger partial charge on any atom is 0.246 e. The lowest BCUT2D eigenvalue weighted by Crippen LogP contribution is -2.32. The van der Waals surface area contributed by atoms with Crippen LogP contribution < -0.4 is 21.1 Å². The molecule has 2 aliphatic heterocycles. The van der Waals surface area contributed by atoms with Gasteiger partial charge in [0, 0.05) is 54.3 Å². The lowest BCUT2D eigenvalue weighted by Gasteiger charge is -2.33. The van der Waals surface area contributed by atoms with Gasteiger partial charge in [-0.05, 0) is 54.9 Å². The second kappa shape index (κ2) is 9.72. The minimum absolute atomic E-state index is 0.0112. The van der Waals surface area contributed by atoms with Gasteiger partial charge < -0.3 is 21.1 Å². The molecule has 0 radical (unpaired) electrons. The molecule has 1 fully saturated rings. The fourth-order valence-electron chi connectivity index (χ4n) is 5.82. The number of fused-ring (bicyclic) bond motifs is 2. The summed E-state index contributed by atoms with van der Waals surface area (Å²) in [5.74, 6) is 1.77. The molecule has 3 aliphatic rings. The van der Waals surface area contributed by atoms with Gasteiger partial charge in [-0.3, -0.25) is 0 Å². The van der Waals surface area contributed by atoms with Crippen LogP contribution in [0.2, 0.25) is 0 Å². The van der Waals surface area contributed by atoms with Crippen LogP contribution in [0.5, 0.6) is 5.75 Å². The summed E-state index contributed by atoms with van der Waals surface area (Å²) >= 11 is 0. The molecule has 4 N–H and O–H groups in total. The van der Waals surface area contributed by atoms with E-state index in [-0.39, 0.29) is 28.7 Å². The highest BCUT2D eigenvalue weighted by atomic mass is 32.2. The normalized spacial score (nSPS) is 21.1. The summed E-state index contributed by atoms with van der Waals surface area (Å²) in [6.45, 7) is 7.12. The molecule has 0 saturated carbocycles. The lowest BCUT2D eigenvalue weighted by atomic mass is 9.76. The van der Waals surface area contributed by atoms with Crippen LogP contribution in [0.15, 0.2) is 41.7 Å². The van der Waals surface area contributed by atoms with Crippen LogP contribution in [0.1, 0.15) is 43.5 Å². The summed E-state index contributed by atoms with van der Waals surface area (Å²) in [5.41, 5.74) is 17.1. The molecule has 1 aromatic carbocycles. The van der Waals surface area contributed by atoms with E-state index in [0.29, 0.717) is 38.2 Å². The predicted octanol–water partition coefficient (Wildman–Crippen LogP) is 2.76. The highest BCUT2D eigenvalue weighted by Gasteiger charge is 2.33. The Hall–Kier alpha value is -3.28. The minimum Gasteiger partial charge on any atom is -0.491 e. The van der Waals surface area contributed by atoms with Gasteiger partial charge in [-0.1, -0.05) is 19.9 Å². The Kier molecular flexibility index (Phi) is 6.47. The average molecular weight is 550 g/mol. The SMILES string of the molecule is CC1(C)CCc2ncnc(N3CCOc4ccc(-c5cnc(N)c(S(=O)(=O)N6CC[C@H](N)C6)c5)cc4C3)c2C1. The number of hydrogen-bond donors (Lipinski definition) is 2. The quantitative estimate of drug-likeness (QED) is 0.502. The maximum absolute atomic E-state index is 13.3. The number of nitrogens with zero attached hydrogens (tertiary/aromatic N) is 5. The predicted molar refractivity (Wildman–Crippen MR) is 150 cm³/mol. The minimum atomic E-state index is -3.80. The van der Waals surface area contributed by atoms with Gasteiger partial charge in [0.05, 0.1) is 6.54 Å². The zero-order valence-electron chi connectivity index (χ0n) is 22.4. The van der Waals surface area contributed by atoms with E-state index in [2.05, 4.69) is 28.7 Å². The highest BCUT2D eigenvalue weighted by molar-refractivity contribution is 7.89. The van der Waals surface area contributed by atoms with Gasteiger partial charge >= 0.3 is 0 Å². The van der Waals surface area contributed by atoms with Crippen molar-refractivity contribution in [2.24, 2.45) is 11.1 Å². The lowest BCUT2D eigenvalue weighted by molar-refractivity contribution is 0.310. The van der Waals surface area contributed by atoms with Crippen molar-refractivity contribution in [3.05, 3.63) is 53.6 Å². The maximum atomic E-state index is 13.3. The Bertz CT molecular complexity index is 1530. The molecule has 4 heterocycles. The van der Waals surface area contributed by atoms with Crippen LogP contribution in [0.3, 0.4) is 0 Å². The summed E-state index contributed by atoms with van der Waals surface area (Å²) in [6, 6.07) is 7.36. The van der Waals surface area contributed by atoms with Gasteiger partial charge in [0.15, 0.2) is 0 Å². The Balaban J connectivity index is 1.33. The fourth-order valence-corrected chi connectivity index (χ4v) is 7.42. The first kappa shape index (κ1) is 26.0. The van der Waals surface area contributed by atoms with E-state index >= 15 is 0 Å². The molecule has 0 bridgehead atoms. The van der Waals surface area contributed by atoms with Crippen molar-refractivity contribution in [3.63, 3.8) is 0 Å². The number of ether oxygens (including phenoxy) is 1. The van der Waals surface area contributed by atoms with E-state index in [1.807, 2.05) is 18.2 Å². The van der Waals surface area contributed by atoms with Gasteiger partial charge in [0.2, 0.25) is 10.0 Å². The molecule has 1 aliphatic carbocycles. The van der Waals surface area contributed by atoms with Crippen LogP contribution in [0.4, 0.5) is 11.6 Å². The molecule has 2 aromatic heterocycles. The third-order valence-corrected chi connectivity index (χ3v) is 9.96. The number of aromatic nitrogens is 3. The molecular weight excluding hydrogens is 514 g/mol. The van der Waals surface area contributed by atoms with Crippen molar-refractivity contribution in [3.8, 4) is 16.9 Å². The summed E-state index contributed by atoms with van der Waals surface area (Å²) in [7, 11) is -3.80. The van der Waals surface area contributed by atoms with Crippen molar-refractivity contribution in [1.82, 2.24) is 19.3 Å². The van der Waals surface area contributed by atoms with E-state index in [1.54, 1.807) is 18.6 Å². The summed E-state index contributed by atoms with van der Waals surface area (Å²) in [4.78, 5) is 15.8. The number of rotatable bonds is 4. The topological polar surface area (TPSA) is 141 Å². The van der Waals surface area contributed by atoms with E-state index < -0.39 is 10.0 Å². The number of nitrogen functional groups attached to an aromatic ring is 1. The van der Waals surface area contributed by atoms with Crippen LogP contribution in [-0.4, -0.2) is 60.0 Å². The molecule has 39 heavy (non-hydrogen) atoms. The number of nitrogens with two attached hydrogens (primary N) is 2. The Morgan fingerprint density at radius 1 is 1.10 bits per heavy atom. The van der Waals surface area contributed by atoms with Gasteiger partial charge in [-0.25, -0.2) is 23.4 Å². The van der Waals surface area contributed by atoms with Crippen LogP contribution in [-0.2, 0) is 29.4 Å². The monoisotopic (exact) mass is 549 g/mol. The molecular formula is C28H35N7O3S. The fraction of sp³-hybridized carbons (Fsp3) is 0.464. The first-order chi connectivity index (χ1) is 18.6.